The van der Waals surface area contributed by atoms with Crippen molar-refractivity contribution in [1.29, 1.82) is 0 Å². The van der Waals surface area contributed by atoms with Crippen molar-refractivity contribution in [1.82, 2.24) is 10.6 Å². The average molecular weight is 271 g/mol. The minimum Gasteiger partial charge on any atom is -0.383 e. The van der Waals surface area contributed by atoms with E-state index in [9.17, 15) is 4.79 Å². The lowest BCUT2D eigenvalue weighted by Gasteiger charge is -2.15. The molecule has 4 nitrogen and oxygen atoms in total. The standard InChI is InChI=1S/C13H19ClN2O2/c1-10(16-13(17)15-7-8-18-2)9-11-5-3-4-6-12(11)14/h3-6,10H,7-9H2,1-2H3,(H2,15,16,17). The van der Waals surface area contributed by atoms with E-state index in [1.807, 2.05) is 31.2 Å². The Morgan fingerprint density at radius 2 is 2.17 bits per heavy atom. The second kappa shape index (κ2) is 7.95. The highest BCUT2D eigenvalue weighted by Gasteiger charge is 2.09. The van der Waals surface area contributed by atoms with Gasteiger partial charge in [0.15, 0.2) is 0 Å². The van der Waals surface area contributed by atoms with Crippen LogP contribution in [0.1, 0.15) is 12.5 Å². The topological polar surface area (TPSA) is 50.4 Å². The molecule has 0 bridgehead atoms. The Kier molecular flexibility index (Phi) is 6.54. The minimum absolute atomic E-state index is 0.0208. The van der Waals surface area contributed by atoms with Crippen LogP contribution in [0.15, 0.2) is 24.3 Å². The number of rotatable bonds is 6. The molecule has 5 heteroatoms. The first-order chi connectivity index (χ1) is 8.63. The summed E-state index contributed by atoms with van der Waals surface area (Å²) in [5.74, 6) is 0. The molecule has 0 aliphatic rings. The summed E-state index contributed by atoms with van der Waals surface area (Å²) in [4.78, 5) is 11.5. The van der Waals surface area contributed by atoms with Gasteiger partial charge >= 0.3 is 6.03 Å². The van der Waals surface area contributed by atoms with Crippen LogP contribution in [0.4, 0.5) is 4.79 Å². The molecule has 1 aromatic carbocycles. The maximum Gasteiger partial charge on any atom is 0.315 e. The number of amides is 2. The van der Waals surface area contributed by atoms with E-state index in [-0.39, 0.29) is 12.1 Å². The number of benzene rings is 1. The fourth-order valence-corrected chi connectivity index (χ4v) is 1.80. The molecule has 1 atom stereocenters. The first-order valence-electron chi connectivity index (χ1n) is 5.90. The molecule has 0 aromatic heterocycles. The highest BCUT2D eigenvalue weighted by Crippen LogP contribution is 2.16. The largest absolute Gasteiger partial charge is 0.383 e. The molecular formula is C13H19ClN2O2. The lowest BCUT2D eigenvalue weighted by Crippen LogP contribution is -2.42. The first kappa shape index (κ1) is 14.8. The van der Waals surface area contributed by atoms with E-state index in [0.29, 0.717) is 19.6 Å². The number of carbonyl (C=O) groups is 1. The van der Waals surface area contributed by atoms with Crippen molar-refractivity contribution >= 4 is 17.6 Å². The van der Waals surface area contributed by atoms with Gasteiger partial charge in [0.05, 0.1) is 6.61 Å². The zero-order valence-corrected chi connectivity index (χ0v) is 11.5. The van der Waals surface area contributed by atoms with Crippen LogP contribution < -0.4 is 10.6 Å². The molecule has 2 amide bonds. The Hall–Kier alpha value is -1.26. The third kappa shape index (κ3) is 5.38. The van der Waals surface area contributed by atoms with Crippen LogP contribution in [0.2, 0.25) is 5.02 Å². The van der Waals surface area contributed by atoms with Gasteiger partial charge in [-0.15, -0.1) is 0 Å². The fraction of sp³-hybridized carbons (Fsp3) is 0.462. The highest BCUT2D eigenvalue weighted by atomic mass is 35.5. The van der Waals surface area contributed by atoms with Gasteiger partial charge in [-0.3, -0.25) is 0 Å². The Morgan fingerprint density at radius 1 is 1.44 bits per heavy atom. The van der Waals surface area contributed by atoms with E-state index in [0.717, 1.165) is 10.6 Å². The zero-order chi connectivity index (χ0) is 13.4. The number of ether oxygens (including phenoxy) is 1. The SMILES string of the molecule is COCCNC(=O)NC(C)Cc1ccccc1Cl. The van der Waals surface area contributed by atoms with Crippen LogP contribution in [-0.2, 0) is 11.2 Å². The van der Waals surface area contributed by atoms with Crippen molar-refractivity contribution in [3.8, 4) is 0 Å². The summed E-state index contributed by atoms with van der Waals surface area (Å²) in [7, 11) is 1.60. The lowest BCUT2D eigenvalue weighted by molar-refractivity contribution is 0.195. The molecular weight excluding hydrogens is 252 g/mol. The monoisotopic (exact) mass is 270 g/mol. The Bertz CT molecular complexity index is 385. The van der Waals surface area contributed by atoms with Crippen molar-refractivity contribution in [2.75, 3.05) is 20.3 Å². The van der Waals surface area contributed by atoms with Gasteiger partial charge in [-0.2, -0.15) is 0 Å². The highest BCUT2D eigenvalue weighted by molar-refractivity contribution is 6.31. The summed E-state index contributed by atoms with van der Waals surface area (Å²) in [6, 6.07) is 7.47. The van der Waals surface area contributed by atoms with E-state index in [1.54, 1.807) is 7.11 Å². The summed E-state index contributed by atoms with van der Waals surface area (Å²) >= 11 is 6.06. The van der Waals surface area contributed by atoms with Crippen LogP contribution in [0.5, 0.6) is 0 Å². The maximum absolute atomic E-state index is 11.5. The molecule has 0 saturated carbocycles. The van der Waals surface area contributed by atoms with Crippen molar-refractivity contribution < 1.29 is 9.53 Å². The molecule has 0 spiro atoms. The van der Waals surface area contributed by atoms with Gasteiger partial charge in [-0.25, -0.2) is 4.79 Å². The van der Waals surface area contributed by atoms with Crippen LogP contribution in [0, 0.1) is 0 Å². The van der Waals surface area contributed by atoms with E-state index >= 15 is 0 Å². The molecule has 0 aliphatic heterocycles. The Labute approximate surface area is 113 Å². The third-order valence-corrected chi connectivity index (χ3v) is 2.82. The van der Waals surface area contributed by atoms with Gasteiger partial charge < -0.3 is 15.4 Å². The van der Waals surface area contributed by atoms with Gasteiger partial charge in [0.25, 0.3) is 0 Å². The summed E-state index contributed by atoms with van der Waals surface area (Å²) in [6.07, 6.45) is 0.706. The summed E-state index contributed by atoms with van der Waals surface area (Å²) in [5, 5.41) is 6.28. The molecule has 1 aromatic rings. The van der Waals surface area contributed by atoms with Gasteiger partial charge in [0.2, 0.25) is 0 Å². The predicted octanol–water partition coefficient (Wildman–Crippen LogP) is 2.22. The fourth-order valence-electron chi connectivity index (χ4n) is 1.59. The second-order valence-electron chi connectivity index (χ2n) is 4.09. The predicted molar refractivity (Wildman–Crippen MR) is 73.0 cm³/mol. The van der Waals surface area contributed by atoms with Crippen molar-refractivity contribution in [2.45, 2.75) is 19.4 Å². The average Bonchev–Trinajstić information content (AvgIpc) is 2.32. The molecule has 0 aliphatic carbocycles. The smallest absolute Gasteiger partial charge is 0.315 e. The third-order valence-electron chi connectivity index (χ3n) is 2.45. The van der Waals surface area contributed by atoms with Crippen LogP contribution in [0.25, 0.3) is 0 Å². The summed E-state index contributed by atoms with van der Waals surface area (Å²) in [6.45, 7) is 2.95. The number of hydrogen-bond donors (Lipinski definition) is 2. The molecule has 100 valence electrons. The zero-order valence-electron chi connectivity index (χ0n) is 10.7. The molecule has 1 rings (SSSR count). The van der Waals surface area contributed by atoms with E-state index in [4.69, 9.17) is 16.3 Å². The first-order valence-corrected chi connectivity index (χ1v) is 6.28. The number of urea groups is 1. The van der Waals surface area contributed by atoms with Gasteiger partial charge in [-0.05, 0) is 25.0 Å². The number of hydrogen-bond acceptors (Lipinski definition) is 2. The van der Waals surface area contributed by atoms with E-state index < -0.39 is 0 Å². The van der Waals surface area contributed by atoms with E-state index in [2.05, 4.69) is 10.6 Å². The Morgan fingerprint density at radius 3 is 2.83 bits per heavy atom. The summed E-state index contributed by atoms with van der Waals surface area (Å²) in [5.41, 5.74) is 1.03. The molecule has 0 fully saturated rings. The van der Waals surface area contributed by atoms with Gasteiger partial charge in [0.1, 0.15) is 0 Å². The number of halogens is 1. The maximum atomic E-state index is 11.5. The molecule has 0 heterocycles. The number of methoxy groups -OCH3 is 1. The van der Waals surface area contributed by atoms with Crippen molar-refractivity contribution in [2.24, 2.45) is 0 Å². The molecule has 2 N–H and O–H groups in total. The van der Waals surface area contributed by atoms with Crippen molar-refractivity contribution in [3.05, 3.63) is 34.9 Å². The quantitative estimate of drug-likeness (QED) is 0.779. The van der Waals surface area contributed by atoms with Crippen LogP contribution >= 0.6 is 11.6 Å². The minimum atomic E-state index is -0.188. The molecule has 18 heavy (non-hydrogen) atoms. The summed E-state index contributed by atoms with van der Waals surface area (Å²) < 4.78 is 4.85. The van der Waals surface area contributed by atoms with Gasteiger partial charge in [0, 0.05) is 24.7 Å². The normalized spacial score (nSPS) is 11.9. The van der Waals surface area contributed by atoms with Crippen molar-refractivity contribution in [3.63, 3.8) is 0 Å². The second-order valence-corrected chi connectivity index (χ2v) is 4.50. The van der Waals surface area contributed by atoms with Crippen LogP contribution in [0.3, 0.4) is 0 Å². The number of carbonyl (C=O) groups excluding carboxylic acids is 1. The Balaban J connectivity index is 2.35. The molecule has 0 saturated heterocycles. The van der Waals surface area contributed by atoms with Gasteiger partial charge in [-0.1, -0.05) is 29.8 Å². The lowest BCUT2D eigenvalue weighted by atomic mass is 10.1. The van der Waals surface area contributed by atoms with E-state index in [1.165, 1.54) is 0 Å². The molecule has 0 radical (unpaired) electrons. The number of nitrogens with one attached hydrogen (secondary N) is 2. The van der Waals surface area contributed by atoms with Crippen LogP contribution in [-0.4, -0.2) is 32.3 Å². The molecule has 1 unspecified atom stereocenters.